The Morgan fingerprint density at radius 1 is 0.914 bits per heavy atom. The van der Waals surface area contributed by atoms with Crippen molar-refractivity contribution in [1.82, 2.24) is 5.32 Å². The molecule has 1 aliphatic heterocycles. The second-order valence-corrected chi connectivity index (χ2v) is 9.73. The zero-order chi connectivity index (χ0) is 24.5. The summed E-state index contributed by atoms with van der Waals surface area (Å²) in [7, 11) is 0. The maximum absolute atomic E-state index is 13.0. The summed E-state index contributed by atoms with van der Waals surface area (Å²) in [4.78, 5) is 38.3. The molecule has 0 aromatic heterocycles. The van der Waals surface area contributed by atoms with Crippen LogP contribution in [0.5, 0.6) is 5.75 Å². The first-order valence-electron chi connectivity index (χ1n) is 11.7. The minimum Gasteiger partial charge on any atom is -0.481 e. The first-order valence-corrected chi connectivity index (χ1v) is 12.4. The number of carbonyl (C=O) groups excluding carboxylic acids is 3. The standard InChI is InChI=1S/C27H24Cl2N2O4/c28-17-12-15(13-18(29)27(17)35-14-23(34)30-16-6-2-1-3-7-16)24-25-19(8-4-10-21(25)32)31-20-9-5-11-22(33)26(20)24/h1-3,6-7,12-13,24,31H,4-5,8-11,14H2,(H,30,34). The van der Waals surface area contributed by atoms with Crippen LogP contribution in [0.2, 0.25) is 10.0 Å². The van der Waals surface area contributed by atoms with E-state index in [0.717, 1.165) is 37.1 Å². The van der Waals surface area contributed by atoms with Crippen LogP contribution in [0.3, 0.4) is 0 Å². The molecule has 2 aromatic rings. The molecule has 0 saturated carbocycles. The van der Waals surface area contributed by atoms with Gasteiger partial charge in [0.05, 0.1) is 10.0 Å². The van der Waals surface area contributed by atoms with E-state index in [-0.39, 0.29) is 39.9 Å². The molecule has 8 heteroatoms. The zero-order valence-electron chi connectivity index (χ0n) is 19.0. The molecule has 0 atom stereocenters. The number of nitrogens with one attached hydrogen (secondary N) is 2. The molecule has 0 unspecified atom stereocenters. The first kappa shape index (κ1) is 23.6. The smallest absolute Gasteiger partial charge is 0.262 e. The number of hydrogen-bond acceptors (Lipinski definition) is 5. The Bertz CT molecular complexity index is 1220. The Morgan fingerprint density at radius 3 is 2.06 bits per heavy atom. The van der Waals surface area contributed by atoms with Crippen molar-refractivity contribution in [2.45, 2.75) is 44.4 Å². The molecule has 2 aromatic carbocycles. The molecular formula is C27H24Cl2N2O4. The summed E-state index contributed by atoms with van der Waals surface area (Å²) in [5.41, 5.74) is 4.38. The molecule has 35 heavy (non-hydrogen) atoms. The molecule has 0 fully saturated rings. The summed E-state index contributed by atoms with van der Waals surface area (Å²) >= 11 is 13.1. The van der Waals surface area contributed by atoms with Crippen molar-refractivity contribution in [3.8, 4) is 5.75 Å². The van der Waals surface area contributed by atoms with Crippen LogP contribution in [0.15, 0.2) is 65.0 Å². The number of amides is 1. The highest BCUT2D eigenvalue weighted by Gasteiger charge is 2.40. The molecule has 2 aliphatic carbocycles. The van der Waals surface area contributed by atoms with Gasteiger partial charge in [0.25, 0.3) is 5.91 Å². The Hall–Kier alpha value is -3.09. The van der Waals surface area contributed by atoms with E-state index in [4.69, 9.17) is 27.9 Å². The van der Waals surface area contributed by atoms with Crippen LogP contribution < -0.4 is 15.4 Å². The second-order valence-electron chi connectivity index (χ2n) is 8.91. The van der Waals surface area contributed by atoms with E-state index in [2.05, 4.69) is 10.6 Å². The van der Waals surface area contributed by atoms with Crippen LogP contribution in [-0.4, -0.2) is 24.1 Å². The number of benzene rings is 2. The number of dihydropyridines is 1. The van der Waals surface area contributed by atoms with Gasteiger partial charge in [-0.15, -0.1) is 0 Å². The number of halogens is 2. The molecule has 2 N–H and O–H groups in total. The molecule has 180 valence electrons. The van der Waals surface area contributed by atoms with Crippen LogP contribution in [0.4, 0.5) is 5.69 Å². The number of carbonyl (C=O) groups is 3. The molecule has 0 spiro atoms. The summed E-state index contributed by atoms with van der Waals surface area (Å²) in [6, 6.07) is 12.4. The molecule has 5 rings (SSSR count). The minimum atomic E-state index is -0.507. The van der Waals surface area contributed by atoms with Crippen LogP contribution in [0, 0.1) is 0 Å². The summed E-state index contributed by atoms with van der Waals surface area (Å²) in [6.07, 6.45) is 4.00. The molecule has 0 radical (unpaired) electrons. The zero-order valence-corrected chi connectivity index (χ0v) is 20.5. The highest BCUT2D eigenvalue weighted by atomic mass is 35.5. The third-order valence-corrected chi connectivity index (χ3v) is 7.11. The van der Waals surface area contributed by atoms with E-state index in [9.17, 15) is 14.4 Å². The lowest BCUT2D eigenvalue weighted by molar-refractivity contribution is -0.118. The SMILES string of the molecule is O=C(COc1c(Cl)cc(C2C3=C(CCCC3=O)NC3=C2C(=O)CCC3)cc1Cl)Nc1ccccc1. The van der Waals surface area contributed by atoms with Crippen molar-refractivity contribution >= 4 is 46.4 Å². The maximum atomic E-state index is 13.0. The van der Waals surface area contributed by atoms with Crippen molar-refractivity contribution < 1.29 is 19.1 Å². The highest BCUT2D eigenvalue weighted by molar-refractivity contribution is 6.37. The fourth-order valence-corrected chi connectivity index (χ4v) is 5.67. The fraction of sp³-hybridized carbons (Fsp3) is 0.296. The van der Waals surface area contributed by atoms with E-state index in [1.807, 2.05) is 18.2 Å². The average Bonchev–Trinajstić information content (AvgIpc) is 2.83. The lowest BCUT2D eigenvalue weighted by atomic mass is 9.71. The number of anilines is 1. The highest BCUT2D eigenvalue weighted by Crippen LogP contribution is 2.47. The summed E-state index contributed by atoms with van der Waals surface area (Å²) in [5.74, 6) is -0.594. The number of hydrogen-bond donors (Lipinski definition) is 2. The Kier molecular flexibility index (Phi) is 6.67. The third-order valence-electron chi connectivity index (χ3n) is 6.55. The van der Waals surface area contributed by atoms with Crippen LogP contribution in [0.1, 0.15) is 50.0 Å². The third kappa shape index (κ3) is 4.73. The quantitative estimate of drug-likeness (QED) is 0.537. The topological polar surface area (TPSA) is 84.5 Å². The van der Waals surface area contributed by atoms with E-state index < -0.39 is 5.92 Å². The minimum absolute atomic E-state index is 0.0406. The van der Waals surface area contributed by atoms with Gasteiger partial charge >= 0.3 is 0 Å². The summed E-state index contributed by atoms with van der Waals surface area (Å²) in [5, 5.41) is 6.57. The van der Waals surface area contributed by atoms with Gasteiger partial charge in [0.1, 0.15) is 0 Å². The molecule has 1 amide bonds. The van der Waals surface area contributed by atoms with Gasteiger partial charge in [-0.1, -0.05) is 41.4 Å². The van der Waals surface area contributed by atoms with E-state index in [0.29, 0.717) is 35.2 Å². The van der Waals surface area contributed by atoms with E-state index in [1.165, 1.54) is 0 Å². The molecule has 6 nitrogen and oxygen atoms in total. The summed E-state index contributed by atoms with van der Waals surface area (Å²) < 4.78 is 5.65. The monoisotopic (exact) mass is 510 g/mol. The molecule has 0 saturated heterocycles. The Morgan fingerprint density at radius 2 is 1.49 bits per heavy atom. The number of ketones is 2. The van der Waals surface area contributed by atoms with E-state index in [1.54, 1.807) is 24.3 Å². The number of para-hydroxylation sites is 1. The summed E-state index contributed by atoms with van der Waals surface area (Å²) in [6.45, 7) is -0.275. The van der Waals surface area contributed by atoms with Crippen molar-refractivity contribution in [2.24, 2.45) is 0 Å². The van der Waals surface area contributed by atoms with Crippen molar-refractivity contribution in [3.05, 3.63) is 80.6 Å². The lowest BCUT2D eigenvalue weighted by Crippen LogP contribution is -2.36. The van der Waals surface area contributed by atoms with Gasteiger partial charge in [-0.25, -0.2) is 0 Å². The second kappa shape index (κ2) is 9.88. The van der Waals surface area contributed by atoms with E-state index >= 15 is 0 Å². The van der Waals surface area contributed by atoms with Crippen LogP contribution in [0.25, 0.3) is 0 Å². The van der Waals surface area contributed by atoms with Crippen LogP contribution >= 0.6 is 23.2 Å². The number of allylic oxidation sites excluding steroid dienone is 4. The molecule has 3 aliphatic rings. The van der Waals surface area contributed by atoms with Crippen molar-refractivity contribution in [3.63, 3.8) is 0 Å². The molecular weight excluding hydrogens is 487 g/mol. The normalized spacial score (nSPS) is 18.1. The number of Topliss-reactive ketones (excluding diaryl/α,β-unsaturated/α-hetero) is 2. The van der Waals surface area contributed by atoms with Gasteiger partial charge in [-0.05, 0) is 55.5 Å². The Balaban J connectivity index is 1.44. The van der Waals surface area contributed by atoms with Crippen LogP contribution in [-0.2, 0) is 14.4 Å². The van der Waals surface area contributed by atoms with Gasteiger partial charge in [-0.3, -0.25) is 14.4 Å². The first-order chi connectivity index (χ1) is 16.9. The average molecular weight is 511 g/mol. The van der Waals surface area contributed by atoms with Gasteiger partial charge in [0, 0.05) is 47.0 Å². The van der Waals surface area contributed by atoms with Crippen molar-refractivity contribution in [2.75, 3.05) is 11.9 Å². The lowest BCUT2D eigenvalue weighted by Gasteiger charge is -2.37. The number of rotatable bonds is 5. The molecule has 1 heterocycles. The molecule has 0 bridgehead atoms. The number of ether oxygens (including phenoxy) is 1. The van der Waals surface area contributed by atoms with Gasteiger partial charge < -0.3 is 15.4 Å². The van der Waals surface area contributed by atoms with Crippen molar-refractivity contribution in [1.29, 1.82) is 0 Å². The Labute approximate surface area is 213 Å². The maximum Gasteiger partial charge on any atom is 0.262 e. The van der Waals surface area contributed by atoms with Gasteiger partial charge in [0.2, 0.25) is 0 Å². The largest absolute Gasteiger partial charge is 0.481 e. The van der Waals surface area contributed by atoms with Gasteiger partial charge in [0.15, 0.2) is 23.9 Å². The predicted octanol–water partition coefficient (Wildman–Crippen LogP) is 5.71. The van der Waals surface area contributed by atoms with Gasteiger partial charge in [-0.2, -0.15) is 0 Å². The fourth-order valence-electron chi connectivity index (χ4n) is 5.06. The predicted molar refractivity (Wildman–Crippen MR) is 135 cm³/mol.